The van der Waals surface area contributed by atoms with Crippen LogP contribution >= 0.6 is 0 Å². The summed E-state index contributed by atoms with van der Waals surface area (Å²) in [5, 5.41) is 0. The number of aromatic nitrogens is 1. The fraction of sp³-hybridized carbons (Fsp3) is 0.389. The highest BCUT2D eigenvalue weighted by Crippen LogP contribution is 2.18. The first kappa shape index (κ1) is 17.1. The van der Waals surface area contributed by atoms with Crippen molar-refractivity contribution in [1.29, 1.82) is 0 Å². The second-order valence-electron chi connectivity index (χ2n) is 5.65. The van der Waals surface area contributed by atoms with Gasteiger partial charge < -0.3 is 33.6 Å². The fourth-order valence-electron chi connectivity index (χ4n) is 2.76. The molecule has 0 spiro atoms. The number of benzene rings is 1. The number of nitrogens with zero attached hydrogens (tertiary/aromatic N) is 2. The van der Waals surface area contributed by atoms with Crippen LogP contribution in [0.4, 0.5) is 5.69 Å². The first-order chi connectivity index (χ1) is 10.3. The highest BCUT2D eigenvalue weighted by molar-refractivity contribution is 5.44. The molecule has 1 aliphatic heterocycles. The van der Waals surface area contributed by atoms with Gasteiger partial charge in [-0.2, -0.15) is 0 Å². The van der Waals surface area contributed by atoms with Crippen LogP contribution in [0.2, 0.25) is 0 Å². The van der Waals surface area contributed by atoms with Gasteiger partial charge in [-0.15, -0.1) is 0 Å². The van der Waals surface area contributed by atoms with E-state index >= 15 is 0 Å². The van der Waals surface area contributed by atoms with Gasteiger partial charge in [-0.1, -0.05) is 12.1 Å². The molecule has 4 heteroatoms. The second kappa shape index (κ2) is 8.36. The third-order valence-corrected chi connectivity index (χ3v) is 3.95. The summed E-state index contributed by atoms with van der Waals surface area (Å²) in [6.07, 6.45) is 6.93. The lowest BCUT2D eigenvalue weighted by molar-refractivity contribution is -0.697. The number of anilines is 1. The number of aryl methyl sites for hydroxylation is 1. The summed E-state index contributed by atoms with van der Waals surface area (Å²) in [6.45, 7) is 6.03. The van der Waals surface area contributed by atoms with Crippen molar-refractivity contribution in [2.75, 3.05) is 24.6 Å². The second-order valence-corrected chi connectivity index (χ2v) is 5.65. The van der Waals surface area contributed by atoms with Gasteiger partial charge in [-0.3, -0.25) is 0 Å². The van der Waals surface area contributed by atoms with E-state index in [1.165, 1.54) is 37.2 Å². The Hall–Kier alpha value is -1.30. The Bertz CT molecular complexity index is 580. The van der Waals surface area contributed by atoms with Crippen molar-refractivity contribution in [2.24, 2.45) is 0 Å². The van der Waals surface area contributed by atoms with Gasteiger partial charge in [-0.25, -0.2) is 4.57 Å². The van der Waals surface area contributed by atoms with Gasteiger partial charge in [0.2, 0.25) is 0 Å². The van der Waals surface area contributed by atoms with E-state index in [0.29, 0.717) is 6.61 Å². The summed E-state index contributed by atoms with van der Waals surface area (Å²) in [5.41, 5.74) is 2.57. The molecule has 118 valence electrons. The summed E-state index contributed by atoms with van der Waals surface area (Å²) in [6, 6.07) is 12.6. The maximum Gasteiger partial charge on any atom is 0.182 e. The normalized spacial score (nSPS) is 13.8. The number of pyridine rings is 1. The molecule has 2 heterocycles. The Morgan fingerprint density at radius 2 is 1.82 bits per heavy atom. The van der Waals surface area contributed by atoms with Crippen LogP contribution in [-0.2, 0) is 6.54 Å². The number of rotatable bonds is 5. The van der Waals surface area contributed by atoms with Gasteiger partial charge in [0.25, 0.3) is 0 Å². The van der Waals surface area contributed by atoms with Gasteiger partial charge in [0.15, 0.2) is 18.9 Å². The Balaban J connectivity index is 0.00000176. The molecule has 1 fully saturated rings. The van der Waals surface area contributed by atoms with E-state index < -0.39 is 0 Å². The van der Waals surface area contributed by atoms with Crippen LogP contribution in [0.5, 0.6) is 5.75 Å². The average molecular weight is 410 g/mol. The third-order valence-electron chi connectivity index (χ3n) is 3.95. The molecular weight excluding hydrogens is 387 g/mol. The minimum atomic E-state index is 0. The van der Waals surface area contributed by atoms with E-state index in [9.17, 15) is 0 Å². The molecule has 22 heavy (non-hydrogen) atoms. The Morgan fingerprint density at radius 1 is 1.09 bits per heavy atom. The van der Waals surface area contributed by atoms with Crippen molar-refractivity contribution in [2.45, 2.75) is 26.3 Å². The minimum Gasteiger partial charge on any atom is -1.00 e. The predicted molar refractivity (Wildman–Crippen MR) is 84.8 cm³/mol. The largest absolute Gasteiger partial charge is 1.00 e. The van der Waals surface area contributed by atoms with Crippen molar-refractivity contribution in [3.63, 3.8) is 0 Å². The molecule has 0 atom stereocenters. The molecule has 0 aliphatic carbocycles. The first-order valence-electron chi connectivity index (χ1n) is 7.75. The lowest BCUT2D eigenvalue weighted by Gasteiger charge is -2.16. The summed E-state index contributed by atoms with van der Waals surface area (Å²) in [7, 11) is 0. The maximum atomic E-state index is 5.79. The number of hydrogen-bond acceptors (Lipinski definition) is 2. The zero-order chi connectivity index (χ0) is 14.5. The Morgan fingerprint density at radius 3 is 2.50 bits per heavy atom. The van der Waals surface area contributed by atoms with Gasteiger partial charge in [0.1, 0.15) is 12.4 Å². The number of ether oxygens (including phenoxy) is 1. The smallest absolute Gasteiger partial charge is 0.182 e. The zero-order valence-electron chi connectivity index (χ0n) is 13.0. The maximum absolute atomic E-state index is 5.79. The van der Waals surface area contributed by atoms with E-state index in [4.69, 9.17) is 4.74 Å². The molecular formula is C18H23IN2O. The van der Waals surface area contributed by atoms with E-state index in [1.807, 2.05) is 12.1 Å². The van der Waals surface area contributed by atoms with E-state index in [1.54, 1.807) is 0 Å². The van der Waals surface area contributed by atoms with Crippen molar-refractivity contribution in [1.82, 2.24) is 0 Å². The molecule has 0 unspecified atom stereocenters. The average Bonchev–Trinajstić information content (AvgIpc) is 3.02. The van der Waals surface area contributed by atoms with E-state index in [2.05, 4.69) is 53.0 Å². The topological polar surface area (TPSA) is 16.4 Å². The van der Waals surface area contributed by atoms with Crippen LogP contribution < -0.4 is 38.2 Å². The molecule has 0 amide bonds. The molecule has 3 nitrogen and oxygen atoms in total. The highest BCUT2D eigenvalue weighted by atomic mass is 127. The number of hydrogen-bond donors (Lipinski definition) is 0. The zero-order valence-corrected chi connectivity index (χ0v) is 15.2. The van der Waals surface area contributed by atoms with Gasteiger partial charge in [-0.05, 0) is 37.5 Å². The van der Waals surface area contributed by atoms with Gasteiger partial charge in [0, 0.05) is 30.9 Å². The summed E-state index contributed by atoms with van der Waals surface area (Å²) in [4.78, 5) is 2.45. The molecule has 1 saturated heterocycles. The van der Waals surface area contributed by atoms with Crippen molar-refractivity contribution in [3.8, 4) is 5.75 Å². The molecule has 0 N–H and O–H groups in total. The van der Waals surface area contributed by atoms with Crippen LogP contribution in [0.25, 0.3) is 0 Å². The minimum absolute atomic E-state index is 0. The van der Waals surface area contributed by atoms with Crippen molar-refractivity contribution in [3.05, 3.63) is 54.4 Å². The summed E-state index contributed by atoms with van der Waals surface area (Å²) < 4.78 is 7.97. The SMILES string of the molecule is Cc1cccc(OCC[n+]2ccc(N3CCCC3)cc2)c1.[I-]. The lowest BCUT2D eigenvalue weighted by atomic mass is 10.2. The van der Waals surface area contributed by atoms with E-state index in [-0.39, 0.29) is 24.0 Å². The van der Waals surface area contributed by atoms with Gasteiger partial charge >= 0.3 is 0 Å². The monoisotopic (exact) mass is 410 g/mol. The third kappa shape index (κ3) is 4.60. The predicted octanol–water partition coefficient (Wildman–Crippen LogP) is -0.0343. The lowest BCUT2D eigenvalue weighted by Crippen LogP contribution is -3.00. The molecule has 0 bridgehead atoms. The first-order valence-corrected chi connectivity index (χ1v) is 7.75. The van der Waals surface area contributed by atoms with Crippen LogP contribution in [0.1, 0.15) is 18.4 Å². The van der Waals surface area contributed by atoms with Crippen molar-refractivity contribution >= 4 is 5.69 Å². The van der Waals surface area contributed by atoms with Gasteiger partial charge in [0.05, 0.1) is 0 Å². The highest BCUT2D eigenvalue weighted by Gasteiger charge is 2.13. The summed E-state index contributed by atoms with van der Waals surface area (Å²) in [5.74, 6) is 0.948. The summed E-state index contributed by atoms with van der Waals surface area (Å²) >= 11 is 0. The number of halogens is 1. The molecule has 3 rings (SSSR count). The molecule has 1 aromatic heterocycles. The van der Waals surface area contributed by atoms with Crippen LogP contribution in [0.15, 0.2) is 48.8 Å². The van der Waals surface area contributed by atoms with Crippen LogP contribution in [0, 0.1) is 6.92 Å². The van der Waals surface area contributed by atoms with Crippen LogP contribution in [0.3, 0.4) is 0 Å². The molecule has 2 aromatic rings. The van der Waals surface area contributed by atoms with E-state index in [0.717, 1.165) is 12.3 Å². The molecule has 0 saturated carbocycles. The van der Waals surface area contributed by atoms with Crippen molar-refractivity contribution < 1.29 is 33.3 Å². The molecule has 1 aromatic carbocycles. The standard InChI is InChI=1S/C18H23N2O.HI/c1-16-5-4-6-18(15-16)21-14-13-19-11-7-17(8-12-19)20-9-2-3-10-20;/h4-8,11-12,15H,2-3,9-10,13-14H2,1H3;1H/q+1;/p-1. The Kier molecular flexibility index (Phi) is 6.49. The van der Waals surface area contributed by atoms with Crippen LogP contribution in [-0.4, -0.2) is 19.7 Å². The molecule has 1 aliphatic rings. The quantitative estimate of drug-likeness (QED) is 0.509. The molecule has 0 radical (unpaired) electrons. The fourth-order valence-corrected chi connectivity index (χ4v) is 2.76. The Labute approximate surface area is 149 Å².